The molecule has 104 valence electrons. The summed E-state index contributed by atoms with van der Waals surface area (Å²) in [4.78, 5) is 22.5. The first-order valence-electron chi connectivity index (χ1n) is 5.95. The first kappa shape index (κ1) is 13.7. The fourth-order valence-corrected chi connectivity index (χ4v) is 1.86. The number of likely N-dealkylation sites (N-methyl/N-ethyl adjacent to an activating group) is 1. The minimum atomic E-state index is -0.532. The monoisotopic (exact) mass is 267 g/mol. The molecule has 1 aliphatic rings. The van der Waals surface area contributed by atoms with Gasteiger partial charge in [-0.05, 0) is 7.05 Å². The molecule has 2 rings (SSSR count). The molecule has 1 aromatic rings. The summed E-state index contributed by atoms with van der Waals surface area (Å²) in [6, 6.07) is 0. The topological polar surface area (TPSA) is 73.8 Å². The van der Waals surface area contributed by atoms with Gasteiger partial charge in [0, 0.05) is 13.1 Å². The van der Waals surface area contributed by atoms with Crippen LogP contribution in [0.1, 0.15) is 10.5 Å². The van der Waals surface area contributed by atoms with Crippen molar-refractivity contribution in [2.75, 3.05) is 41.0 Å². The standard InChI is InChI=1S/C12H17N3O4/c1-15-4-5-19-8(7-15)11(16)10-12(18-3)14-9(17-2)6-13-10/h6,8H,4-5,7H2,1-3H3. The Bertz CT molecular complexity index is 466. The maximum atomic E-state index is 12.3. The van der Waals surface area contributed by atoms with E-state index in [4.69, 9.17) is 14.2 Å². The largest absolute Gasteiger partial charge is 0.480 e. The summed E-state index contributed by atoms with van der Waals surface area (Å²) in [7, 11) is 4.86. The van der Waals surface area contributed by atoms with Crippen LogP contribution >= 0.6 is 0 Å². The van der Waals surface area contributed by atoms with Gasteiger partial charge in [0.1, 0.15) is 6.10 Å². The average Bonchev–Trinajstić information content (AvgIpc) is 2.45. The fourth-order valence-electron chi connectivity index (χ4n) is 1.86. The third-order valence-electron chi connectivity index (χ3n) is 2.92. The maximum Gasteiger partial charge on any atom is 0.246 e. The Morgan fingerprint density at radius 1 is 1.47 bits per heavy atom. The quantitative estimate of drug-likeness (QED) is 0.711. The van der Waals surface area contributed by atoms with Crippen molar-refractivity contribution >= 4 is 5.78 Å². The van der Waals surface area contributed by atoms with E-state index in [2.05, 4.69) is 9.97 Å². The zero-order valence-corrected chi connectivity index (χ0v) is 11.3. The number of morpholine rings is 1. The molecular weight excluding hydrogens is 250 g/mol. The highest BCUT2D eigenvalue weighted by molar-refractivity contribution is 5.99. The lowest BCUT2D eigenvalue weighted by molar-refractivity contribution is -0.00908. The Morgan fingerprint density at radius 2 is 2.26 bits per heavy atom. The van der Waals surface area contributed by atoms with Crippen LogP contribution in [-0.2, 0) is 4.74 Å². The van der Waals surface area contributed by atoms with Crippen molar-refractivity contribution in [3.63, 3.8) is 0 Å². The summed E-state index contributed by atoms with van der Waals surface area (Å²) in [6.45, 7) is 1.88. The number of hydrogen-bond donors (Lipinski definition) is 0. The summed E-state index contributed by atoms with van der Waals surface area (Å²) >= 11 is 0. The lowest BCUT2D eigenvalue weighted by atomic mass is 10.1. The molecule has 7 nitrogen and oxygen atoms in total. The summed E-state index contributed by atoms with van der Waals surface area (Å²) in [5, 5.41) is 0. The summed E-state index contributed by atoms with van der Waals surface area (Å²) in [6.07, 6.45) is 0.859. The number of aromatic nitrogens is 2. The lowest BCUT2D eigenvalue weighted by Crippen LogP contribution is -2.44. The highest BCUT2D eigenvalue weighted by Gasteiger charge is 2.29. The SMILES string of the molecule is COc1cnc(C(=O)C2CN(C)CCO2)c(OC)n1. The number of rotatable bonds is 4. The summed E-state index contributed by atoms with van der Waals surface area (Å²) < 4.78 is 15.5. The average molecular weight is 267 g/mol. The van der Waals surface area contributed by atoms with Crippen molar-refractivity contribution in [3.8, 4) is 11.8 Å². The van der Waals surface area contributed by atoms with Gasteiger partial charge >= 0.3 is 0 Å². The highest BCUT2D eigenvalue weighted by atomic mass is 16.5. The second-order valence-corrected chi connectivity index (χ2v) is 4.26. The Balaban J connectivity index is 2.22. The number of hydrogen-bond acceptors (Lipinski definition) is 7. The molecular formula is C12H17N3O4. The van der Waals surface area contributed by atoms with Crippen LogP contribution in [0, 0.1) is 0 Å². The van der Waals surface area contributed by atoms with Crippen LogP contribution in [-0.4, -0.2) is 67.7 Å². The minimum absolute atomic E-state index is 0.154. The Labute approximate surface area is 111 Å². The van der Waals surface area contributed by atoms with Crippen LogP contribution in [0.3, 0.4) is 0 Å². The van der Waals surface area contributed by atoms with E-state index >= 15 is 0 Å². The van der Waals surface area contributed by atoms with Crippen molar-refractivity contribution in [2.45, 2.75) is 6.10 Å². The van der Waals surface area contributed by atoms with Gasteiger partial charge in [-0.15, -0.1) is 0 Å². The second kappa shape index (κ2) is 5.94. The molecule has 0 amide bonds. The van der Waals surface area contributed by atoms with Gasteiger partial charge in [0.2, 0.25) is 17.5 Å². The molecule has 1 atom stereocenters. The van der Waals surface area contributed by atoms with Crippen LogP contribution < -0.4 is 9.47 Å². The van der Waals surface area contributed by atoms with Crippen molar-refractivity contribution in [1.29, 1.82) is 0 Å². The molecule has 2 heterocycles. The molecule has 0 radical (unpaired) electrons. The predicted molar refractivity (Wildman–Crippen MR) is 66.7 cm³/mol. The van der Waals surface area contributed by atoms with E-state index in [0.29, 0.717) is 19.0 Å². The van der Waals surface area contributed by atoms with Crippen molar-refractivity contribution in [1.82, 2.24) is 14.9 Å². The number of methoxy groups -OCH3 is 2. The van der Waals surface area contributed by atoms with E-state index in [1.165, 1.54) is 20.4 Å². The van der Waals surface area contributed by atoms with Gasteiger partial charge < -0.3 is 19.1 Å². The minimum Gasteiger partial charge on any atom is -0.480 e. The lowest BCUT2D eigenvalue weighted by Gasteiger charge is -2.28. The van der Waals surface area contributed by atoms with Crippen molar-refractivity contribution in [3.05, 3.63) is 11.9 Å². The number of ether oxygens (including phenoxy) is 3. The number of Topliss-reactive ketones (excluding diaryl/α,β-unsaturated/α-hetero) is 1. The van der Waals surface area contributed by atoms with Crippen LogP contribution in [0.15, 0.2) is 6.20 Å². The van der Waals surface area contributed by atoms with E-state index in [9.17, 15) is 4.79 Å². The zero-order valence-electron chi connectivity index (χ0n) is 11.3. The molecule has 1 unspecified atom stereocenters. The van der Waals surface area contributed by atoms with Gasteiger partial charge in [0.25, 0.3) is 0 Å². The number of nitrogens with zero attached hydrogens (tertiary/aromatic N) is 3. The molecule has 0 bridgehead atoms. The normalized spacial score (nSPS) is 20.1. The third-order valence-corrected chi connectivity index (χ3v) is 2.92. The Kier molecular flexibility index (Phi) is 4.28. The molecule has 7 heteroatoms. The van der Waals surface area contributed by atoms with Crippen LogP contribution in [0.5, 0.6) is 11.8 Å². The molecule has 0 aromatic carbocycles. The molecule has 0 N–H and O–H groups in total. The first-order chi connectivity index (χ1) is 9.15. The van der Waals surface area contributed by atoms with Gasteiger partial charge in [-0.25, -0.2) is 4.98 Å². The van der Waals surface area contributed by atoms with Gasteiger partial charge in [-0.3, -0.25) is 4.79 Å². The van der Waals surface area contributed by atoms with E-state index in [1.54, 1.807) is 0 Å². The number of carbonyl (C=O) groups excluding carboxylic acids is 1. The zero-order chi connectivity index (χ0) is 13.8. The maximum absolute atomic E-state index is 12.3. The fraction of sp³-hybridized carbons (Fsp3) is 0.583. The molecule has 1 aromatic heterocycles. The molecule has 1 fully saturated rings. The first-order valence-corrected chi connectivity index (χ1v) is 5.95. The molecule has 0 saturated carbocycles. The van der Waals surface area contributed by atoms with Crippen LogP contribution in [0.2, 0.25) is 0 Å². The summed E-state index contributed by atoms with van der Waals surface area (Å²) in [5.41, 5.74) is 0.170. The van der Waals surface area contributed by atoms with E-state index in [0.717, 1.165) is 6.54 Å². The highest BCUT2D eigenvalue weighted by Crippen LogP contribution is 2.20. The molecule has 1 saturated heterocycles. The molecule has 1 aliphatic heterocycles. The van der Waals surface area contributed by atoms with Gasteiger partial charge in [-0.2, -0.15) is 4.98 Å². The second-order valence-electron chi connectivity index (χ2n) is 4.26. The number of carbonyl (C=O) groups is 1. The van der Waals surface area contributed by atoms with Crippen LogP contribution in [0.4, 0.5) is 0 Å². The van der Waals surface area contributed by atoms with Crippen LogP contribution in [0.25, 0.3) is 0 Å². The van der Waals surface area contributed by atoms with E-state index < -0.39 is 6.10 Å². The van der Waals surface area contributed by atoms with Crippen molar-refractivity contribution < 1.29 is 19.0 Å². The Morgan fingerprint density at radius 3 is 2.89 bits per heavy atom. The van der Waals surface area contributed by atoms with Gasteiger partial charge in [0.05, 0.1) is 27.0 Å². The Hall–Kier alpha value is -1.73. The number of ketones is 1. The summed E-state index contributed by atoms with van der Waals surface area (Å²) in [5.74, 6) is 0.231. The molecule has 0 aliphatic carbocycles. The predicted octanol–water partition coefficient (Wildman–Crippen LogP) is 0.00710. The third kappa shape index (κ3) is 2.99. The molecule has 19 heavy (non-hydrogen) atoms. The van der Waals surface area contributed by atoms with E-state index in [1.807, 2.05) is 11.9 Å². The van der Waals surface area contributed by atoms with Crippen molar-refractivity contribution in [2.24, 2.45) is 0 Å². The smallest absolute Gasteiger partial charge is 0.246 e. The van der Waals surface area contributed by atoms with Gasteiger partial charge in [0.15, 0.2) is 5.69 Å². The van der Waals surface area contributed by atoms with E-state index in [-0.39, 0.29) is 17.4 Å². The molecule has 0 spiro atoms. The van der Waals surface area contributed by atoms with Gasteiger partial charge in [-0.1, -0.05) is 0 Å².